The summed E-state index contributed by atoms with van der Waals surface area (Å²) in [5, 5.41) is 3.30. The Bertz CT molecular complexity index is 564. The second-order valence-electron chi connectivity index (χ2n) is 5.14. The molecular weight excluding hydrogens is 260 g/mol. The zero-order valence-corrected chi connectivity index (χ0v) is 13.1. The molecule has 112 valence electrons. The summed E-state index contributed by atoms with van der Waals surface area (Å²) in [7, 11) is 0. The zero-order chi connectivity index (χ0) is 15.1. The predicted molar refractivity (Wildman–Crippen MR) is 86.5 cm³/mol. The molecule has 1 aromatic heterocycles. The van der Waals surface area contributed by atoms with E-state index in [0.29, 0.717) is 6.61 Å². The van der Waals surface area contributed by atoms with Crippen molar-refractivity contribution in [1.82, 2.24) is 10.3 Å². The molecule has 0 spiro atoms. The highest BCUT2D eigenvalue weighted by Gasteiger charge is 2.06. The van der Waals surface area contributed by atoms with Gasteiger partial charge in [0, 0.05) is 12.2 Å². The maximum atomic E-state index is 5.95. The van der Waals surface area contributed by atoms with Crippen molar-refractivity contribution in [3.63, 3.8) is 0 Å². The molecule has 3 heteroatoms. The molecule has 0 saturated heterocycles. The number of aryl methyl sites for hydroxylation is 2. The van der Waals surface area contributed by atoms with Gasteiger partial charge in [-0.25, -0.2) is 0 Å². The molecule has 0 unspecified atom stereocenters. The average molecular weight is 284 g/mol. The summed E-state index contributed by atoms with van der Waals surface area (Å²) in [5.74, 6) is 0.862. The van der Waals surface area contributed by atoms with E-state index in [1.807, 2.05) is 19.1 Å². The number of nitrogens with one attached hydrogen (secondary N) is 1. The van der Waals surface area contributed by atoms with E-state index in [9.17, 15) is 0 Å². The Balaban J connectivity index is 2.04. The largest absolute Gasteiger partial charge is 0.487 e. The third kappa shape index (κ3) is 4.57. The summed E-state index contributed by atoms with van der Waals surface area (Å²) in [6.07, 6.45) is 1.07. The normalized spacial score (nSPS) is 10.6. The van der Waals surface area contributed by atoms with Crippen LogP contribution in [0.4, 0.5) is 0 Å². The predicted octanol–water partition coefficient (Wildman–Crippen LogP) is 3.64. The summed E-state index contributed by atoms with van der Waals surface area (Å²) < 4.78 is 5.95. The molecule has 3 nitrogen and oxygen atoms in total. The van der Waals surface area contributed by atoms with Crippen molar-refractivity contribution in [1.29, 1.82) is 0 Å². The van der Waals surface area contributed by atoms with E-state index in [-0.39, 0.29) is 0 Å². The fourth-order valence-electron chi connectivity index (χ4n) is 2.13. The smallest absolute Gasteiger partial charge is 0.142 e. The molecule has 0 aliphatic carbocycles. The van der Waals surface area contributed by atoms with Gasteiger partial charge in [0.2, 0.25) is 0 Å². The minimum atomic E-state index is 0.577. The van der Waals surface area contributed by atoms with E-state index in [0.717, 1.165) is 36.6 Å². The average Bonchev–Trinajstić information content (AvgIpc) is 2.52. The van der Waals surface area contributed by atoms with E-state index in [2.05, 4.69) is 48.4 Å². The molecule has 1 aromatic carbocycles. The van der Waals surface area contributed by atoms with Crippen molar-refractivity contribution < 1.29 is 4.74 Å². The summed E-state index contributed by atoms with van der Waals surface area (Å²) in [6, 6.07) is 12.6. The van der Waals surface area contributed by atoms with Gasteiger partial charge < -0.3 is 10.1 Å². The number of benzene rings is 1. The number of aromatic nitrogens is 1. The van der Waals surface area contributed by atoms with E-state index in [4.69, 9.17) is 4.74 Å². The molecule has 1 N–H and O–H groups in total. The highest BCUT2D eigenvalue weighted by atomic mass is 16.5. The van der Waals surface area contributed by atoms with Crippen LogP contribution in [0, 0.1) is 6.92 Å². The number of hydrogen-bond acceptors (Lipinski definition) is 3. The number of nitrogens with zero attached hydrogens (tertiary/aromatic N) is 1. The lowest BCUT2D eigenvalue weighted by atomic mass is 10.1. The first-order valence-corrected chi connectivity index (χ1v) is 7.60. The van der Waals surface area contributed by atoms with Gasteiger partial charge in [-0.1, -0.05) is 38.1 Å². The molecule has 0 aliphatic rings. The molecule has 0 saturated carbocycles. The van der Waals surface area contributed by atoms with Crippen molar-refractivity contribution >= 4 is 0 Å². The first-order chi connectivity index (χ1) is 10.2. The van der Waals surface area contributed by atoms with Crippen molar-refractivity contribution in [2.24, 2.45) is 0 Å². The molecule has 2 rings (SSSR count). The minimum Gasteiger partial charge on any atom is -0.487 e. The third-order valence-corrected chi connectivity index (χ3v) is 3.44. The quantitative estimate of drug-likeness (QED) is 0.843. The summed E-state index contributed by atoms with van der Waals surface area (Å²) >= 11 is 0. The van der Waals surface area contributed by atoms with Crippen LogP contribution in [0.5, 0.6) is 5.75 Å². The molecule has 2 aromatic rings. The Morgan fingerprint density at radius 2 is 1.71 bits per heavy atom. The maximum absolute atomic E-state index is 5.95. The van der Waals surface area contributed by atoms with Gasteiger partial charge in [0.15, 0.2) is 0 Å². The van der Waals surface area contributed by atoms with Crippen LogP contribution in [0.15, 0.2) is 36.4 Å². The van der Waals surface area contributed by atoms with Crippen LogP contribution < -0.4 is 10.1 Å². The first-order valence-electron chi connectivity index (χ1n) is 7.60. The molecule has 0 fully saturated rings. The standard InChI is InChI=1S/C18H24N2O/c1-4-15-7-9-16(10-8-15)13-21-18-11-6-14(3)20-17(18)12-19-5-2/h6-11,19H,4-5,12-13H2,1-3H3. The molecule has 0 aliphatic heterocycles. The third-order valence-electron chi connectivity index (χ3n) is 3.44. The van der Waals surface area contributed by atoms with Crippen LogP contribution in [0.25, 0.3) is 0 Å². The number of hydrogen-bond donors (Lipinski definition) is 1. The van der Waals surface area contributed by atoms with Crippen molar-refractivity contribution in [3.8, 4) is 5.75 Å². The Hall–Kier alpha value is -1.87. The summed E-state index contributed by atoms with van der Waals surface area (Å²) in [4.78, 5) is 4.56. The lowest BCUT2D eigenvalue weighted by Crippen LogP contribution is -2.14. The Morgan fingerprint density at radius 3 is 2.38 bits per heavy atom. The SMILES string of the molecule is CCNCc1nc(C)ccc1OCc1ccc(CC)cc1. The van der Waals surface area contributed by atoms with Crippen LogP contribution in [0.2, 0.25) is 0 Å². The second-order valence-corrected chi connectivity index (χ2v) is 5.14. The van der Waals surface area contributed by atoms with E-state index in [1.165, 1.54) is 11.1 Å². The van der Waals surface area contributed by atoms with Crippen molar-refractivity contribution in [2.75, 3.05) is 6.54 Å². The highest BCUT2D eigenvalue weighted by molar-refractivity contribution is 5.30. The van der Waals surface area contributed by atoms with Gasteiger partial charge in [-0.15, -0.1) is 0 Å². The van der Waals surface area contributed by atoms with Gasteiger partial charge in [0.25, 0.3) is 0 Å². The number of ether oxygens (including phenoxy) is 1. The van der Waals surface area contributed by atoms with E-state index in [1.54, 1.807) is 0 Å². The molecule has 0 amide bonds. The van der Waals surface area contributed by atoms with Crippen LogP contribution in [-0.4, -0.2) is 11.5 Å². The van der Waals surface area contributed by atoms with E-state index < -0.39 is 0 Å². The fourth-order valence-corrected chi connectivity index (χ4v) is 2.13. The first kappa shape index (κ1) is 15.5. The number of pyridine rings is 1. The van der Waals surface area contributed by atoms with E-state index >= 15 is 0 Å². The molecular formula is C18H24N2O. The van der Waals surface area contributed by atoms with Gasteiger partial charge in [-0.3, -0.25) is 4.98 Å². The van der Waals surface area contributed by atoms with Gasteiger partial charge in [-0.2, -0.15) is 0 Å². The molecule has 21 heavy (non-hydrogen) atoms. The van der Waals surface area contributed by atoms with Gasteiger partial charge in [0.1, 0.15) is 12.4 Å². The van der Waals surface area contributed by atoms with Gasteiger partial charge in [-0.05, 0) is 43.1 Å². The number of rotatable bonds is 7. The Labute approximate surface area is 127 Å². The maximum Gasteiger partial charge on any atom is 0.142 e. The fraction of sp³-hybridized carbons (Fsp3) is 0.389. The summed E-state index contributed by atoms with van der Waals surface area (Å²) in [5.41, 5.74) is 4.52. The van der Waals surface area contributed by atoms with Gasteiger partial charge >= 0.3 is 0 Å². The van der Waals surface area contributed by atoms with Crippen LogP contribution >= 0.6 is 0 Å². The molecule has 0 atom stereocenters. The lowest BCUT2D eigenvalue weighted by Gasteiger charge is -2.12. The summed E-state index contributed by atoms with van der Waals surface area (Å²) in [6.45, 7) is 8.49. The van der Waals surface area contributed by atoms with Crippen LogP contribution in [0.1, 0.15) is 36.4 Å². The topological polar surface area (TPSA) is 34.2 Å². The zero-order valence-electron chi connectivity index (χ0n) is 13.1. The molecule has 0 radical (unpaired) electrons. The van der Waals surface area contributed by atoms with Gasteiger partial charge in [0.05, 0.1) is 5.69 Å². The van der Waals surface area contributed by atoms with Crippen LogP contribution in [-0.2, 0) is 19.6 Å². The van der Waals surface area contributed by atoms with Crippen molar-refractivity contribution in [3.05, 3.63) is 58.9 Å². The van der Waals surface area contributed by atoms with Crippen LogP contribution in [0.3, 0.4) is 0 Å². The highest BCUT2D eigenvalue weighted by Crippen LogP contribution is 2.18. The minimum absolute atomic E-state index is 0.577. The van der Waals surface area contributed by atoms with Crippen molar-refractivity contribution in [2.45, 2.75) is 40.3 Å². The molecule has 0 bridgehead atoms. The molecule has 1 heterocycles. The Kier molecular flexibility index (Phi) is 5.76. The Morgan fingerprint density at radius 1 is 1.00 bits per heavy atom. The lowest BCUT2D eigenvalue weighted by molar-refractivity contribution is 0.300. The monoisotopic (exact) mass is 284 g/mol. The second kappa shape index (κ2) is 7.79.